The molecule has 114 valence electrons. The highest BCUT2D eigenvalue weighted by atomic mass is 16.4. The number of hydrogen-bond acceptors (Lipinski definition) is 3. The zero-order valence-corrected chi connectivity index (χ0v) is 12.6. The number of rotatable bonds is 3. The molecule has 3 N–H and O–H groups in total. The summed E-state index contributed by atoms with van der Waals surface area (Å²) < 4.78 is 0. The van der Waals surface area contributed by atoms with E-state index in [4.69, 9.17) is 10.9 Å². The van der Waals surface area contributed by atoms with E-state index in [9.17, 15) is 4.79 Å². The molecular formula is C16H23N3O2. The lowest BCUT2D eigenvalue weighted by Gasteiger charge is -2.37. The molecule has 0 bridgehead atoms. The van der Waals surface area contributed by atoms with Crippen molar-refractivity contribution in [1.82, 2.24) is 4.90 Å². The predicted octanol–water partition coefficient (Wildman–Crippen LogP) is 1.97. The molecule has 0 saturated carbocycles. The zero-order valence-electron chi connectivity index (χ0n) is 12.6. The average Bonchev–Trinajstić information content (AvgIpc) is 2.49. The van der Waals surface area contributed by atoms with Crippen LogP contribution < -0.4 is 5.73 Å². The van der Waals surface area contributed by atoms with Gasteiger partial charge in [0.25, 0.3) is 0 Å². The minimum atomic E-state index is 0.0753. The third-order valence-corrected chi connectivity index (χ3v) is 4.15. The van der Waals surface area contributed by atoms with Gasteiger partial charge in [-0.25, -0.2) is 0 Å². The molecule has 1 aromatic rings. The molecule has 1 fully saturated rings. The Kier molecular flexibility index (Phi) is 4.83. The van der Waals surface area contributed by atoms with Gasteiger partial charge < -0.3 is 15.8 Å². The van der Waals surface area contributed by atoms with Gasteiger partial charge in [0.15, 0.2) is 5.84 Å². The van der Waals surface area contributed by atoms with Crippen LogP contribution in [-0.2, 0) is 11.2 Å². The van der Waals surface area contributed by atoms with Gasteiger partial charge >= 0.3 is 0 Å². The predicted molar refractivity (Wildman–Crippen MR) is 82.2 cm³/mol. The molecule has 2 atom stereocenters. The van der Waals surface area contributed by atoms with E-state index in [0.29, 0.717) is 23.9 Å². The normalized spacial score (nSPS) is 23.1. The average molecular weight is 289 g/mol. The standard InChI is InChI=1S/C16H23N3O2/c1-11-3-4-12(2)19(10-11)15(20)9-13-5-7-14(8-6-13)16(17)18-21/h5-8,11-12,21H,3-4,9-10H2,1-2H3,(H2,17,18). The fourth-order valence-electron chi connectivity index (χ4n) is 2.76. The highest BCUT2D eigenvalue weighted by Crippen LogP contribution is 2.22. The van der Waals surface area contributed by atoms with Crippen molar-refractivity contribution in [3.05, 3.63) is 35.4 Å². The van der Waals surface area contributed by atoms with Gasteiger partial charge in [-0.2, -0.15) is 0 Å². The lowest BCUT2D eigenvalue weighted by atomic mass is 9.94. The Morgan fingerprint density at radius 2 is 2.00 bits per heavy atom. The van der Waals surface area contributed by atoms with Gasteiger partial charge in [-0.1, -0.05) is 36.3 Å². The Hall–Kier alpha value is -2.04. The highest BCUT2D eigenvalue weighted by molar-refractivity contribution is 5.97. The van der Waals surface area contributed by atoms with Crippen LogP contribution >= 0.6 is 0 Å². The zero-order chi connectivity index (χ0) is 15.4. The smallest absolute Gasteiger partial charge is 0.227 e. The van der Waals surface area contributed by atoms with Crippen LogP contribution in [0.3, 0.4) is 0 Å². The lowest BCUT2D eigenvalue weighted by molar-refractivity contribution is -0.134. The van der Waals surface area contributed by atoms with Crippen molar-refractivity contribution in [2.75, 3.05) is 6.54 Å². The van der Waals surface area contributed by atoms with E-state index in [-0.39, 0.29) is 11.7 Å². The fourth-order valence-corrected chi connectivity index (χ4v) is 2.76. The van der Waals surface area contributed by atoms with Crippen LogP contribution in [-0.4, -0.2) is 34.4 Å². The van der Waals surface area contributed by atoms with Gasteiger partial charge in [-0.05, 0) is 31.2 Å². The van der Waals surface area contributed by atoms with Crippen molar-refractivity contribution < 1.29 is 10.0 Å². The minimum Gasteiger partial charge on any atom is -0.409 e. The molecule has 0 aromatic heterocycles. The molecule has 2 rings (SSSR count). The summed E-state index contributed by atoms with van der Waals surface area (Å²) in [5, 5.41) is 11.6. The summed E-state index contributed by atoms with van der Waals surface area (Å²) in [6.45, 7) is 5.16. The minimum absolute atomic E-state index is 0.0753. The van der Waals surface area contributed by atoms with Crippen LogP contribution in [0.5, 0.6) is 0 Å². The first kappa shape index (κ1) is 15.4. The third kappa shape index (κ3) is 3.74. The number of amides is 1. The molecule has 1 aromatic carbocycles. The molecule has 21 heavy (non-hydrogen) atoms. The van der Waals surface area contributed by atoms with Crippen molar-refractivity contribution in [3.63, 3.8) is 0 Å². The monoisotopic (exact) mass is 289 g/mol. The number of carbonyl (C=O) groups excluding carboxylic acids is 1. The molecule has 1 aliphatic rings. The Labute approximate surface area is 125 Å². The molecule has 1 heterocycles. The quantitative estimate of drug-likeness (QED) is 0.386. The van der Waals surface area contributed by atoms with Gasteiger partial charge in [-0.3, -0.25) is 4.79 Å². The van der Waals surface area contributed by atoms with Gasteiger partial charge in [-0.15, -0.1) is 0 Å². The Morgan fingerprint density at radius 3 is 2.62 bits per heavy atom. The number of nitrogens with zero attached hydrogens (tertiary/aromatic N) is 2. The lowest BCUT2D eigenvalue weighted by Crippen LogP contribution is -2.45. The Balaban J connectivity index is 2.02. The Morgan fingerprint density at radius 1 is 1.33 bits per heavy atom. The van der Waals surface area contributed by atoms with Crippen LogP contribution in [0.1, 0.15) is 37.8 Å². The van der Waals surface area contributed by atoms with Crippen molar-refractivity contribution >= 4 is 11.7 Å². The van der Waals surface area contributed by atoms with E-state index >= 15 is 0 Å². The van der Waals surface area contributed by atoms with Crippen molar-refractivity contribution in [2.24, 2.45) is 16.8 Å². The summed E-state index contributed by atoms with van der Waals surface area (Å²) in [6.07, 6.45) is 2.67. The van der Waals surface area contributed by atoms with E-state index in [1.807, 2.05) is 17.0 Å². The number of carbonyl (C=O) groups is 1. The summed E-state index contributed by atoms with van der Waals surface area (Å²) >= 11 is 0. The second kappa shape index (κ2) is 6.61. The van der Waals surface area contributed by atoms with Crippen LogP contribution in [0.2, 0.25) is 0 Å². The molecule has 2 unspecified atom stereocenters. The number of likely N-dealkylation sites (tertiary alicyclic amines) is 1. The van der Waals surface area contributed by atoms with Crippen molar-refractivity contribution in [1.29, 1.82) is 0 Å². The molecular weight excluding hydrogens is 266 g/mol. The number of piperidine rings is 1. The second-order valence-electron chi connectivity index (χ2n) is 5.94. The molecule has 5 nitrogen and oxygen atoms in total. The van der Waals surface area contributed by atoms with E-state index < -0.39 is 0 Å². The van der Waals surface area contributed by atoms with Gasteiger partial charge in [0, 0.05) is 18.2 Å². The summed E-state index contributed by atoms with van der Waals surface area (Å²) in [5.74, 6) is 0.824. The second-order valence-corrected chi connectivity index (χ2v) is 5.94. The number of oxime groups is 1. The van der Waals surface area contributed by atoms with E-state index in [2.05, 4.69) is 19.0 Å². The highest BCUT2D eigenvalue weighted by Gasteiger charge is 2.26. The van der Waals surface area contributed by atoms with E-state index in [1.165, 1.54) is 6.42 Å². The summed E-state index contributed by atoms with van der Waals surface area (Å²) in [5.41, 5.74) is 7.11. The number of hydrogen-bond donors (Lipinski definition) is 2. The first-order valence-corrected chi connectivity index (χ1v) is 7.37. The number of benzene rings is 1. The number of nitrogens with two attached hydrogens (primary N) is 1. The summed E-state index contributed by atoms with van der Waals surface area (Å²) in [6, 6.07) is 7.55. The molecule has 0 aliphatic carbocycles. The van der Waals surface area contributed by atoms with Crippen LogP contribution in [0, 0.1) is 5.92 Å². The first-order valence-electron chi connectivity index (χ1n) is 7.37. The SMILES string of the molecule is CC1CCC(C)N(C(=O)Cc2ccc(C(N)=NO)cc2)C1. The summed E-state index contributed by atoms with van der Waals surface area (Å²) in [4.78, 5) is 14.4. The molecule has 1 aliphatic heterocycles. The number of amidine groups is 1. The van der Waals surface area contributed by atoms with Crippen molar-refractivity contribution in [3.8, 4) is 0 Å². The van der Waals surface area contributed by atoms with Crippen LogP contribution in [0.15, 0.2) is 29.4 Å². The van der Waals surface area contributed by atoms with E-state index in [0.717, 1.165) is 18.5 Å². The maximum absolute atomic E-state index is 12.4. The summed E-state index contributed by atoms with van der Waals surface area (Å²) in [7, 11) is 0. The fraction of sp³-hybridized carbons (Fsp3) is 0.500. The van der Waals surface area contributed by atoms with E-state index in [1.54, 1.807) is 12.1 Å². The maximum atomic E-state index is 12.4. The molecule has 1 amide bonds. The molecule has 0 radical (unpaired) electrons. The van der Waals surface area contributed by atoms with Gasteiger partial charge in [0.05, 0.1) is 6.42 Å². The largest absolute Gasteiger partial charge is 0.409 e. The first-order chi connectivity index (χ1) is 10.0. The van der Waals surface area contributed by atoms with Crippen molar-refractivity contribution in [2.45, 2.75) is 39.2 Å². The third-order valence-electron chi connectivity index (χ3n) is 4.15. The topological polar surface area (TPSA) is 78.9 Å². The Bertz CT molecular complexity index is 525. The van der Waals surface area contributed by atoms with Crippen LogP contribution in [0.25, 0.3) is 0 Å². The maximum Gasteiger partial charge on any atom is 0.227 e. The van der Waals surface area contributed by atoms with Gasteiger partial charge in [0.1, 0.15) is 0 Å². The molecule has 1 saturated heterocycles. The molecule has 5 heteroatoms. The molecule has 0 spiro atoms. The van der Waals surface area contributed by atoms with Gasteiger partial charge in [0.2, 0.25) is 5.91 Å². The van der Waals surface area contributed by atoms with Crippen LogP contribution in [0.4, 0.5) is 0 Å².